The minimum atomic E-state index is -0.335. The first kappa shape index (κ1) is 19.2. The summed E-state index contributed by atoms with van der Waals surface area (Å²) in [6.07, 6.45) is 8.49. The van der Waals surface area contributed by atoms with E-state index in [0.29, 0.717) is 16.5 Å². The van der Waals surface area contributed by atoms with Crippen LogP contribution in [-0.2, 0) is 0 Å². The fourth-order valence-electron chi connectivity index (χ4n) is 5.33. The van der Waals surface area contributed by atoms with Gasteiger partial charge in [-0.05, 0) is 73.6 Å². The Morgan fingerprint density at radius 2 is 1.93 bits per heavy atom. The molecule has 2 fully saturated rings. The monoisotopic (exact) mass is 405 g/mol. The van der Waals surface area contributed by atoms with Crippen molar-refractivity contribution in [2.24, 2.45) is 16.8 Å². The zero-order chi connectivity index (χ0) is 20.7. The lowest BCUT2D eigenvalue weighted by molar-refractivity contribution is 0.202. The van der Waals surface area contributed by atoms with E-state index < -0.39 is 0 Å². The number of aryl methyl sites for hydroxylation is 1. The summed E-state index contributed by atoms with van der Waals surface area (Å²) in [6.45, 7) is 4.45. The summed E-state index contributed by atoms with van der Waals surface area (Å²) in [5.74, 6) is 1.43. The van der Waals surface area contributed by atoms with Gasteiger partial charge in [0, 0.05) is 35.9 Å². The van der Waals surface area contributed by atoms with Crippen LogP contribution in [0.1, 0.15) is 43.2 Å². The lowest BCUT2D eigenvalue weighted by Gasteiger charge is -2.42. The number of fused-ring (bicyclic) bond motifs is 2. The number of aliphatic imine (C=N–C) groups is 1. The van der Waals surface area contributed by atoms with Crippen molar-refractivity contribution < 1.29 is 9.50 Å². The number of aromatic amines is 1. The van der Waals surface area contributed by atoms with Crippen LogP contribution in [-0.4, -0.2) is 29.4 Å². The van der Waals surface area contributed by atoms with Gasteiger partial charge in [0.1, 0.15) is 5.82 Å². The number of anilines is 1. The summed E-state index contributed by atoms with van der Waals surface area (Å²) in [7, 11) is 0. The third-order valence-electron chi connectivity index (χ3n) is 6.93. The Labute approximate surface area is 176 Å². The number of aromatic nitrogens is 1. The van der Waals surface area contributed by atoms with Crippen LogP contribution in [0.15, 0.2) is 41.4 Å². The average molecular weight is 406 g/mol. The minimum Gasteiger partial charge on any atom is -0.494 e. The van der Waals surface area contributed by atoms with Gasteiger partial charge in [-0.3, -0.25) is 4.99 Å². The molecular formula is C25H28FN3O. The molecule has 1 saturated heterocycles. The Balaban J connectivity index is 1.36. The Morgan fingerprint density at radius 3 is 2.77 bits per heavy atom. The van der Waals surface area contributed by atoms with Crippen LogP contribution in [0, 0.1) is 24.6 Å². The SMILES string of the molecule is Cc1cc(N=Cc2c(O)[nH]c3ccc(F)cc23)ccc1N1CCC2CCCCC2C1. The van der Waals surface area contributed by atoms with Gasteiger partial charge in [0.25, 0.3) is 0 Å². The zero-order valence-electron chi connectivity index (χ0n) is 17.4. The Kier molecular flexibility index (Phi) is 4.97. The first-order valence-electron chi connectivity index (χ1n) is 11.0. The van der Waals surface area contributed by atoms with E-state index in [1.165, 1.54) is 62.0 Å². The van der Waals surface area contributed by atoms with Crippen molar-refractivity contribution in [2.75, 3.05) is 18.0 Å². The summed E-state index contributed by atoms with van der Waals surface area (Å²) >= 11 is 0. The molecule has 2 atom stereocenters. The van der Waals surface area contributed by atoms with E-state index in [1.54, 1.807) is 12.3 Å². The third kappa shape index (κ3) is 3.57. The molecule has 30 heavy (non-hydrogen) atoms. The van der Waals surface area contributed by atoms with Gasteiger partial charge in [-0.2, -0.15) is 0 Å². The number of nitrogens with zero attached hydrogens (tertiary/aromatic N) is 2. The van der Waals surface area contributed by atoms with E-state index in [9.17, 15) is 9.50 Å². The quantitative estimate of drug-likeness (QED) is 0.518. The molecule has 1 aliphatic heterocycles. The third-order valence-corrected chi connectivity index (χ3v) is 6.93. The van der Waals surface area contributed by atoms with E-state index >= 15 is 0 Å². The first-order chi connectivity index (χ1) is 14.6. The van der Waals surface area contributed by atoms with Crippen LogP contribution in [0.25, 0.3) is 10.9 Å². The molecule has 5 heteroatoms. The van der Waals surface area contributed by atoms with E-state index in [-0.39, 0.29) is 11.7 Å². The van der Waals surface area contributed by atoms with Gasteiger partial charge in [0.2, 0.25) is 0 Å². The smallest absolute Gasteiger partial charge is 0.198 e. The fourth-order valence-corrected chi connectivity index (χ4v) is 5.33. The van der Waals surface area contributed by atoms with Gasteiger partial charge in [0.15, 0.2) is 5.88 Å². The normalized spacial score (nSPS) is 22.0. The number of nitrogens with one attached hydrogen (secondary N) is 1. The summed E-state index contributed by atoms with van der Waals surface area (Å²) < 4.78 is 13.6. The largest absolute Gasteiger partial charge is 0.494 e. The second-order valence-corrected chi connectivity index (χ2v) is 8.85. The maximum Gasteiger partial charge on any atom is 0.198 e. The van der Waals surface area contributed by atoms with Gasteiger partial charge >= 0.3 is 0 Å². The van der Waals surface area contributed by atoms with Crippen molar-refractivity contribution in [3.8, 4) is 5.88 Å². The molecule has 1 saturated carbocycles. The van der Waals surface area contributed by atoms with Crippen molar-refractivity contribution in [1.29, 1.82) is 0 Å². The van der Waals surface area contributed by atoms with Crippen molar-refractivity contribution >= 4 is 28.5 Å². The molecule has 1 aliphatic carbocycles. The molecule has 2 unspecified atom stereocenters. The lowest BCUT2D eigenvalue weighted by atomic mass is 9.75. The molecule has 2 aliphatic rings. The van der Waals surface area contributed by atoms with Crippen LogP contribution in [0.3, 0.4) is 0 Å². The number of halogens is 1. The highest BCUT2D eigenvalue weighted by molar-refractivity contribution is 6.02. The molecule has 2 aromatic carbocycles. The van der Waals surface area contributed by atoms with E-state index in [4.69, 9.17) is 0 Å². The number of H-pyrrole nitrogens is 1. The number of aromatic hydroxyl groups is 1. The summed E-state index contributed by atoms with van der Waals surface area (Å²) in [5, 5.41) is 10.8. The second kappa shape index (κ2) is 7.78. The predicted octanol–water partition coefficient (Wildman–Crippen LogP) is 6.09. The fraction of sp³-hybridized carbons (Fsp3) is 0.400. The molecule has 0 bridgehead atoms. The van der Waals surface area contributed by atoms with Gasteiger partial charge < -0.3 is 15.0 Å². The van der Waals surface area contributed by atoms with Crippen LogP contribution >= 0.6 is 0 Å². The van der Waals surface area contributed by atoms with Gasteiger partial charge in [-0.25, -0.2) is 4.39 Å². The predicted molar refractivity (Wildman–Crippen MR) is 121 cm³/mol. The summed E-state index contributed by atoms with van der Waals surface area (Å²) in [4.78, 5) is 9.97. The molecule has 0 spiro atoms. The number of rotatable bonds is 3. The molecular weight excluding hydrogens is 377 g/mol. The molecule has 0 radical (unpaired) electrons. The highest BCUT2D eigenvalue weighted by Crippen LogP contribution is 2.38. The van der Waals surface area contributed by atoms with Crippen LogP contribution in [0.4, 0.5) is 15.8 Å². The summed E-state index contributed by atoms with van der Waals surface area (Å²) in [5.41, 5.74) is 4.54. The van der Waals surface area contributed by atoms with E-state index in [2.05, 4.69) is 33.9 Å². The molecule has 0 amide bonds. The molecule has 156 valence electrons. The Hall–Kier alpha value is -2.82. The molecule has 1 aromatic heterocycles. The molecule has 2 N–H and O–H groups in total. The number of hydrogen-bond acceptors (Lipinski definition) is 3. The standard InChI is InChI=1S/C25H28FN3O/c1-16-12-20(27-14-22-21-13-19(26)6-8-23(21)28-25(22)30)7-9-24(16)29-11-10-17-4-2-3-5-18(17)15-29/h6-9,12-14,17-18,28,30H,2-5,10-11,15H2,1H3. The van der Waals surface area contributed by atoms with Crippen LogP contribution < -0.4 is 4.90 Å². The topological polar surface area (TPSA) is 51.6 Å². The van der Waals surface area contributed by atoms with E-state index in [1.807, 2.05) is 6.07 Å². The lowest BCUT2D eigenvalue weighted by Crippen LogP contribution is -2.42. The van der Waals surface area contributed by atoms with Crippen molar-refractivity contribution in [2.45, 2.75) is 39.0 Å². The highest BCUT2D eigenvalue weighted by atomic mass is 19.1. The average Bonchev–Trinajstić information content (AvgIpc) is 3.06. The highest BCUT2D eigenvalue weighted by Gasteiger charge is 2.31. The number of piperidine rings is 1. The second-order valence-electron chi connectivity index (χ2n) is 8.85. The molecule has 4 nitrogen and oxygen atoms in total. The van der Waals surface area contributed by atoms with E-state index in [0.717, 1.165) is 24.1 Å². The van der Waals surface area contributed by atoms with Gasteiger partial charge in [0.05, 0.1) is 11.3 Å². The van der Waals surface area contributed by atoms with Crippen LogP contribution in [0.5, 0.6) is 5.88 Å². The minimum absolute atomic E-state index is 0.00282. The molecule has 3 aromatic rings. The van der Waals surface area contributed by atoms with Crippen molar-refractivity contribution in [3.63, 3.8) is 0 Å². The van der Waals surface area contributed by atoms with Gasteiger partial charge in [-0.1, -0.05) is 19.3 Å². The maximum absolute atomic E-state index is 13.6. The summed E-state index contributed by atoms with van der Waals surface area (Å²) in [6, 6.07) is 10.7. The first-order valence-corrected chi connectivity index (χ1v) is 11.0. The van der Waals surface area contributed by atoms with Gasteiger partial charge in [-0.15, -0.1) is 0 Å². The maximum atomic E-state index is 13.6. The molecule has 2 heterocycles. The number of hydrogen-bond donors (Lipinski definition) is 2. The molecule has 5 rings (SSSR count). The van der Waals surface area contributed by atoms with Crippen molar-refractivity contribution in [1.82, 2.24) is 4.98 Å². The Bertz CT molecular complexity index is 1100. The van der Waals surface area contributed by atoms with Crippen molar-refractivity contribution in [3.05, 3.63) is 53.3 Å². The Morgan fingerprint density at radius 1 is 1.10 bits per heavy atom. The number of benzene rings is 2. The zero-order valence-corrected chi connectivity index (χ0v) is 17.4. The van der Waals surface area contributed by atoms with Crippen LogP contribution in [0.2, 0.25) is 0 Å².